The van der Waals surface area contributed by atoms with Crippen LogP contribution in [0.1, 0.15) is 39.8 Å². The van der Waals surface area contributed by atoms with Crippen molar-refractivity contribution < 1.29 is 23.0 Å². The smallest absolute Gasteiger partial charge is 0.253 e. The summed E-state index contributed by atoms with van der Waals surface area (Å²) >= 11 is 0. The lowest BCUT2D eigenvalue weighted by molar-refractivity contribution is 0.0826. The second-order valence-corrected chi connectivity index (χ2v) is 8.82. The average Bonchev–Trinajstić information content (AvgIpc) is 3.14. The minimum absolute atomic E-state index is 0.126. The van der Waals surface area contributed by atoms with Crippen LogP contribution >= 0.6 is 0 Å². The summed E-state index contributed by atoms with van der Waals surface area (Å²) in [5.74, 6) is -0.387. The Bertz CT molecular complexity index is 1420. The number of benzene rings is 3. The van der Waals surface area contributed by atoms with Crippen LogP contribution in [0.4, 0.5) is 8.78 Å². The summed E-state index contributed by atoms with van der Waals surface area (Å²) in [5.41, 5.74) is 2.99. The van der Waals surface area contributed by atoms with Crippen LogP contribution in [0.15, 0.2) is 54.6 Å². The normalized spacial score (nSPS) is 14.9. The number of ether oxygens (including phenoxy) is 2. The highest BCUT2D eigenvalue weighted by Gasteiger charge is 2.29. The van der Waals surface area contributed by atoms with Gasteiger partial charge in [0.05, 0.1) is 17.7 Å². The van der Waals surface area contributed by atoms with Gasteiger partial charge in [-0.3, -0.25) is 4.79 Å². The van der Waals surface area contributed by atoms with E-state index in [1.54, 1.807) is 26.2 Å². The van der Waals surface area contributed by atoms with Crippen molar-refractivity contribution in [1.82, 2.24) is 14.5 Å². The van der Waals surface area contributed by atoms with Gasteiger partial charge in [0.25, 0.3) is 5.91 Å². The Morgan fingerprint density at radius 3 is 2.69 bits per heavy atom. The van der Waals surface area contributed by atoms with E-state index in [-0.39, 0.29) is 23.8 Å². The van der Waals surface area contributed by atoms with Crippen molar-refractivity contribution in [2.75, 3.05) is 20.7 Å². The maximum Gasteiger partial charge on any atom is 0.253 e. The number of carbonyl (C=O) groups excluding carboxylic acids is 1. The molecule has 0 saturated carbocycles. The Hall–Kier alpha value is -3.94. The first-order chi connectivity index (χ1) is 16.8. The van der Waals surface area contributed by atoms with E-state index in [0.29, 0.717) is 29.8 Å². The van der Waals surface area contributed by atoms with E-state index in [1.807, 2.05) is 41.8 Å². The number of hydrogen-bond donors (Lipinski definition) is 0. The van der Waals surface area contributed by atoms with Gasteiger partial charge in [-0.1, -0.05) is 30.3 Å². The summed E-state index contributed by atoms with van der Waals surface area (Å²) in [5, 5.41) is 0. The first-order valence-corrected chi connectivity index (χ1v) is 11.4. The minimum atomic E-state index is -0.729. The van der Waals surface area contributed by atoms with Crippen molar-refractivity contribution in [2.45, 2.75) is 26.0 Å². The van der Waals surface area contributed by atoms with E-state index in [1.165, 1.54) is 4.90 Å². The van der Waals surface area contributed by atoms with Crippen LogP contribution in [0.25, 0.3) is 11.0 Å². The van der Waals surface area contributed by atoms with Gasteiger partial charge in [-0.25, -0.2) is 13.8 Å². The molecule has 2 heterocycles. The van der Waals surface area contributed by atoms with Crippen LogP contribution in [0.2, 0.25) is 0 Å². The van der Waals surface area contributed by atoms with Crippen molar-refractivity contribution in [1.29, 1.82) is 0 Å². The number of aryl methyl sites for hydroxylation is 1. The van der Waals surface area contributed by atoms with Crippen LogP contribution in [0.3, 0.4) is 0 Å². The van der Waals surface area contributed by atoms with Gasteiger partial charge >= 0.3 is 0 Å². The second kappa shape index (κ2) is 9.02. The number of hydrogen-bond acceptors (Lipinski definition) is 4. The number of rotatable bonds is 5. The fourth-order valence-corrected chi connectivity index (χ4v) is 4.43. The SMILES string of the molecule is Cc1nc2c(O[C@H]3CCOc4cc(F)cc(F)c43)cc(C(=O)N(C)C)cc2n1Cc1ccccc1. The quantitative estimate of drug-likeness (QED) is 0.393. The molecule has 3 aromatic carbocycles. The predicted molar refractivity (Wildman–Crippen MR) is 128 cm³/mol. The number of aromatic nitrogens is 2. The Balaban J connectivity index is 1.63. The monoisotopic (exact) mass is 477 g/mol. The minimum Gasteiger partial charge on any atom is -0.493 e. The number of carbonyl (C=O) groups is 1. The zero-order chi connectivity index (χ0) is 24.7. The van der Waals surface area contributed by atoms with Gasteiger partial charge in [0, 0.05) is 44.8 Å². The van der Waals surface area contributed by atoms with E-state index in [9.17, 15) is 13.6 Å². The van der Waals surface area contributed by atoms with E-state index < -0.39 is 17.7 Å². The number of fused-ring (bicyclic) bond motifs is 2. The third-order valence-corrected chi connectivity index (χ3v) is 6.13. The van der Waals surface area contributed by atoms with Crippen molar-refractivity contribution in [3.8, 4) is 11.5 Å². The van der Waals surface area contributed by atoms with Gasteiger partial charge in [-0.2, -0.15) is 0 Å². The summed E-state index contributed by atoms with van der Waals surface area (Å²) in [6.07, 6.45) is -0.348. The Morgan fingerprint density at radius 2 is 1.94 bits per heavy atom. The number of halogens is 2. The first kappa shape index (κ1) is 22.8. The highest BCUT2D eigenvalue weighted by Crippen LogP contribution is 2.40. The molecule has 8 heteroatoms. The van der Waals surface area contributed by atoms with Crippen molar-refractivity contribution in [2.24, 2.45) is 0 Å². The van der Waals surface area contributed by atoms with Crippen molar-refractivity contribution >= 4 is 16.9 Å². The molecule has 0 saturated heterocycles. The topological polar surface area (TPSA) is 56.6 Å². The highest BCUT2D eigenvalue weighted by molar-refractivity contribution is 5.99. The molecule has 0 N–H and O–H groups in total. The molecule has 0 fully saturated rings. The van der Waals surface area contributed by atoms with Crippen molar-refractivity contribution in [3.63, 3.8) is 0 Å². The molecule has 0 aliphatic carbocycles. The molecule has 1 aliphatic rings. The maximum atomic E-state index is 14.7. The lowest BCUT2D eigenvalue weighted by Crippen LogP contribution is -2.23. The Kier molecular flexibility index (Phi) is 5.88. The molecule has 0 bridgehead atoms. The third kappa shape index (κ3) is 4.32. The number of imidazole rings is 1. The summed E-state index contributed by atoms with van der Waals surface area (Å²) < 4.78 is 42.3. The average molecular weight is 478 g/mol. The fraction of sp³-hybridized carbons (Fsp3) is 0.259. The molecular formula is C27H25F2N3O3. The van der Waals surface area contributed by atoms with Gasteiger partial charge in [-0.15, -0.1) is 0 Å². The molecule has 1 aliphatic heterocycles. The van der Waals surface area contributed by atoms with E-state index in [4.69, 9.17) is 14.5 Å². The first-order valence-electron chi connectivity index (χ1n) is 11.4. The van der Waals surface area contributed by atoms with Crippen LogP contribution < -0.4 is 9.47 Å². The molecule has 0 radical (unpaired) electrons. The summed E-state index contributed by atoms with van der Waals surface area (Å²) in [6.45, 7) is 2.71. The summed E-state index contributed by atoms with van der Waals surface area (Å²) in [7, 11) is 3.36. The molecule has 0 unspecified atom stereocenters. The second-order valence-electron chi connectivity index (χ2n) is 8.82. The Morgan fingerprint density at radius 1 is 1.17 bits per heavy atom. The summed E-state index contributed by atoms with van der Waals surface area (Å²) in [4.78, 5) is 19.1. The molecule has 6 nitrogen and oxygen atoms in total. The van der Waals surface area contributed by atoms with Gasteiger partial charge in [0.15, 0.2) is 0 Å². The molecule has 180 valence electrons. The predicted octanol–water partition coefficient (Wildman–Crippen LogP) is 5.28. The number of nitrogens with zero attached hydrogens (tertiary/aromatic N) is 3. The third-order valence-electron chi connectivity index (χ3n) is 6.13. The highest BCUT2D eigenvalue weighted by atomic mass is 19.1. The van der Waals surface area contributed by atoms with Crippen LogP contribution in [-0.4, -0.2) is 41.1 Å². The van der Waals surface area contributed by atoms with Gasteiger partial charge in [0.1, 0.15) is 40.6 Å². The Labute approximate surface area is 201 Å². The molecule has 4 aromatic rings. The zero-order valence-corrected chi connectivity index (χ0v) is 19.7. The molecule has 5 rings (SSSR count). The standard InChI is InChI=1S/C27H25F2N3O3/c1-16-30-26-21(32(16)15-17-7-5-4-6-8-17)11-18(27(33)31(2)3)12-24(26)35-22-9-10-34-23-14-19(28)13-20(29)25(22)23/h4-8,11-14,22H,9-10,15H2,1-3H3/t22-/m0/s1. The molecule has 35 heavy (non-hydrogen) atoms. The van der Waals surface area contributed by atoms with Gasteiger partial charge < -0.3 is 18.9 Å². The molecular weight excluding hydrogens is 452 g/mol. The molecule has 1 amide bonds. The van der Waals surface area contributed by atoms with E-state index in [0.717, 1.165) is 29.0 Å². The largest absolute Gasteiger partial charge is 0.493 e. The van der Waals surface area contributed by atoms with E-state index >= 15 is 0 Å². The summed E-state index contributed by atoms with van der Waals surface area (Å²) in [6, 6.07) is 15.4. The van der Waals surface area contributed by atoms with Crippen molar-refractivity contribution in [3.05, 3.63) is 88.7 Å². The van der Waals surface area contributed by atoms with Gasteiger partial charge in [0.2, 0.25) is 0 Å². The van der Waals surface area contributed by atoms with Crippen LogP contribution in [0, 0.1) is 18.6 Å². The number of amides is 1. The zero-order valence-electron chi connectivity index (χ0n) is 19.7. The molecule has 1 atom stereocenters. The lowest BCUT2D eigenvalue weighted by Gasteiger charge is -2.27. The molecule has 0 spiro atoms. The molecule has 1 aromatic heterocycles. The lowest BCUT2D eigenvalue weighted by atomic mass is 10.0. The van der Waals surface area contributed by atoms with Crippen LogP contribution in [0.5, 0.6) is 11.5 Å². The maximum absolute atomic E-state index is 14.7. The van der Waals surface area contributed by atoms with E-state index in [2.05, 4.69) is 0 Å². The van der Waals surface area contributed by atoms with Crippen LogP contribution in [-0.2, 0) is 6.54 Å². The fourth-order valence-electron chi connectivity index (χ4n) is 4.43. The van der Waals surface area contributed by atoms with Gasteiger partial charge in [-0.05, 0) is 24.6 Å².